The van der Waals surface area contributed by atoms with E-state index in [9.17, 15) is 9.90 Å². The van der Waals surface area contributed by atoms with Gasteiger partial charge in [0.1, 0.15) is 6.10 Å². The lowest BCUT2D eigenvalue weighted by Gasteiger charge is -2.58. The Labute approximate surface area is 146 Å². The summed E-state index contributed by atoms with van der Waals surface area (Å²) < 4.78 is 0. The maximum Gasteiger partial charge on any atom is 0.155 e. The molecule has 2 heteroatoms. The second-order valence-electron chi connectivity index (χ2n) is 9.31. The van der Waals surface area contributed by atoms with Crippen LogP contribution in [0.3, 0.4) is 0 Å². The molecule has 2 unspecified atom stereocenters. The number of terminal acetylenes is 1. The van der Waals surface area contributed by atoms with Crippen LogP contribution < -0.4 is 0 Å². The van der Waals surface area contributed by atoms with Gasteiger partial charge in [0.25, 0.3) is 0 Å². The number of hydrogen-bond acceptors (Lipinski definition) is 2. The maximum absolute atomic E-state index is 11.9. The van der Waals surface area contributed by atoms with E-state index in [1.807, 2.05) is 6.08 Å². The van der Waals surface area contributed by atoms with Crippen molar-refractivity contribution < 1.29 is 9.90 Å². The number of fused-ring (bicyclic) bond motifs is 5. The predicted octanol–water partition coefficient (Wildman–Crippen LogP) is 4.13. The summed E-state index contributed by atoms with van der Waals surface area (Å²) in [5, 5.41) is 10.3. The Bertz CT molecular complexity index is 626. The largest absolute Gasteiger partial charge is 0.380 e. The smallest absolute Gasteiger partial charge is 0.155 e. The molecule has 7 atom stereocenters. The van der Waals surface area contributed by atoms with E-state index in [0.717, 1.165) is 31.6 Å². The third kappa shape index (κ3) is 2.10. The normalized spacial score (nSPS) is 48.6. The van der Waals surface area contributed by atoms with Crippen molar-refractivity contribution >= 4 is 5.78 Å². The minimum atomic E-state index is -0.585. The number of carbonyl (C=O) groups is 1. The average Bonchev–Trinajstić information content (AvgIpc) is 2.92. The van der Waals surface area contributed by atoms with Gasteiger partial charge in [-0.25, -0.2) is 0 Å². The summed E-state index contributed by atoms with van der Waals surface area (Å²) in [6, 6.07) is 0. The fourth-order valence-corrected chi connectivity index (χ4v) is 7.23. The van der Waals surface area contributed by atoms with Gasteiger partial charge in [-0.3, -0.25) is 4.79 Å². The second kappa shape index (κ2) is 5.46. The first kappa shape index (κ1) is 16.4. The standard InChI is InChI=1S/C22H30O2/c1-4-20(24)19-8-7-17-16-6-5-14-13-15(23)9-11-21(14,2)18(16)10-12-22(17,19)3/h1,13,16-20,24H,5-12H2,2-3H3/t16-,17-,18+,19?,20?,21-,22-/m0/s1. The van der Waals surface area contributed by atoms with Crippen molar-refractivity contribution in [2.24, 2.45) is 34.5 Å². The molecule has 3 saturated carbocycles. The van der Waals surface area contributed by atoms with Gasteiger partial charge < -0.3 is 5.11 Å². The molecule has 0 heterocycles. The molecular formula is C22H30O2. The average molecular weight is 326 g/mol. The van der Waals surface area contributed by atoms with Crippen molar-refractivity contribution in [3.05, 3.63) is 11.6 Å². The lowest BCUT2D eigenvalue weighted by atomic mass is 9.46. The molecular weight excluding hydrogens is 296 g/mol. The van der Waals surface area contributed by atoms with Crippen molar-refractivity contribution in [3.63, 3.8) is 0 Å². The van der Waals surface area contributed by atoms with Crippen LogP contribution in [0.1, 0.15) is 65.2 Å². The fraction of sp³-hybridized carbons (Fsp3) is 0.773. The van der Waals surface area contributed by atoms with Crippen molar-refractivity contribution in [1.82, 2.24) is 0 Å². The Hall–Kier alpha value is -1.07. The number of allylic oxidation sites excluding steroid dienone is 1. The van der Waals surface area contributed by atoms with Gasteiger partial charge in [0, 0.05) is 12.3 Å². The van der Waals surface area contributed by atoms with Crippen LogP contribution in [-0.2, 0) is 4.79 Å². The fourth-order valence-electron chi connectivity index (χ4n) is 7.23. The van der Waals surface area contributed by atoms with Gasteiger partial charge in [-0.1, -0.05) is 25.3 Å². The van der Waals surface area contributed by atoms with Gasteiger partial charge in [-0.05, 0) is 79.6 Å². The highest BCUT2D eigenvalue weighted by molar-refractivity contribution is 5.91. The zero-order chi connectivity index (χ0) is 17.1. The zero-order valence-electron chi connectivity index (χ0n) is 15.1. The van der Waals surface area contributed by atoms with Gasteiger partial charge in [0.15, 0.2) is 5.78 Å². The molecule has 1 N–H and O–H groups in total. The Morgan fingerprint density at radius 1 is 1.17 bits per heavy atom. The summed E-state index contributed by atoms with van der Waals surface area (Å²) >= 11 is 0. The van der Waals surface area contributed by atoms with Crippen LogP contribution in [0.2, 0.25) is 0 Å². The third-order valence-corrected chi connectivity index (χ3v) is 8.59. The van der Waals surface area contributed by atoms with Crippen LogP contribution in [0.25, 0.3) is 0 Å². The summed E-state index contributed by atoms with van der Waals surface area (Å²) in [5.41, 5.74) is 1.87. The molecule has 0 radical (unpaired) electrons. The number of ketones is 1. The molecule has 0 aromatic rings. The number of aliphatic hydroxyl groups excluding tert-OH is 1. The van der Waals surface area contributed by atoms with E-state index in [-0.39, 0.29) is 16.7 Å². The SMILES string of the molecule is C#CC(O)C1CC[C@H]2[C@@H]3CCC4=CC(=O)CC[C@]4(C)[C@@H]3CC[C@]12C. The molecule has 0 saturated heterocycles. The van der Waals surface area contributed by atoms with Crippen LogP contribution in [0.5, 0.6) is 0 Å². The van der Waals surface area contributed by atoms with Crippen LogP contribution >= 0.6 is 0 Å². The minimum absolute atomic E-state index is 0.203. The maximum atomic E-state index is 11.9. The van der Waals surface area contributed by atoms with Crippen molar-refractivity contribution in [3.8, 4) is 12.3 Å². The van der Waals surface area contributed by atoms with E-state index in [1.54, 1.807) is 0 Å². The minimum Gasteiger partial charge on any atom is -0.380 e. The molecule has 4 aliphatic carbocycles. The number of rotatable bonds is 1. The monoisotopic (exact) mass is 326 g/mol. The van der Waals surface area contributed by atoms with Crippen LogP contribution in [0, 0.1) is 46.8 Å². The molecule has 24 heavy (non-hydrogen) atoms. The second-order valence-corrected chi connectivity index (χ2v) is 9.31. The van der Waals surface area contributed by atoms with Crippen molar-refractivity contribution in [2.45, 2.75) is 71.3 Å². The third-order valence-electron chi connectivity index (χ3n) is 8.59. The summed E-state index contributed by atoms with van der Waals surface area (Å²) in [4.78, 5) is 11.9. The van der Waals surface area contributed by atoms with Gasteiger partial charge >= 0.3 is 0 Å². The van der Waals surface area contributed by atoms with Crippen molar-refractivity contribution in [1.29, 1.82) is 0 Å². The molecule has 4 aliphatic rings. The summed E-state index contributed by atoms with van der Waals surface area (Å²) in [6.07, 6.45) is 15.7. The first-order valence-corrected chi connectivity index (χ1v) is 9.78. The molecule has 0 amide bonds. The Morgan fingerprint density at radius 2 is 1.96 bits per heavy atom. The molecule has 0 aromatic carbocycles. The van der Waals surface area contributed by atoms with E-state index in [1.165, 1.54) is 31.3 Å². The first-order valence-electron chi connectivity index (χ1n) is 9.78. The van der Waals surface area contributed by atoms with Crippen LogP contribution in [0.4, 0.5) is 0 Å². The molecule has 0 bridgehead atoms. The Balaban J connectivity index is 1.65. The molecule has 0 spiro atoms. The highest BCUT2D eigenvalue weighted by Crippen LogP contribution is 2.66. The quantitative estimate of drug-likeness (QED) is 0.736. The van der Waals surface area contributed by atoms with E-state index in [0.29, 0.717) is 17.6 Å². The highest BCUT2D eigenvalue weighted by Gasteiger charge is 2.59. The summed E-state index contributed by atoms with van der Waals surface area (Å²) in [7, 11) is 0. The summed E-state index contributed by atoms with van der Waals surface area (Å²) in [6.45, 7) is 4.82. The zero-order valence-corrected chi connectivity index (χ0v) is 15.1. The molecule has 0 aromatic heterocycles. The first-order chi connectivity index (χ1) is 11.4. The molecule has 0 aliphatic heterocycles. The molecule has 3 fully saturated rings. The lowest BCUT2D eigenvalue weighted by Crippen LogP contribution is -2.51. The molecule has 130 valence electrons. The van der Waals surface area contributed by atoms with E-state index in [4.69, 9.17) is 6.42 Å². The van der Waals surface area contributed by atoms with Gasteiger partial charge in [-0.2, -0.15) is 0 Å². The molecule has 2 nitrogen and oxygen atoms in total. The highest BCUT2D eigenvalue weighted by atomic mass is 16.3. The summed E-state index contributed by atoms with van der Waals surface area (Å²) in [5.74, 6) is 5.36. The number of aliphatic hydroxyl groups is 1. The van der Waals surface area contributed by atoms with Crippen molar-refractivity contribution in [2.75, 3.05) is 0 Å². The van der Waals surface area contributed by atoms with Gasteiger partial charge in [0.05, 0.1) is 0 Å². The molecule has 4 rings (SSSR count). The number of hydrogen-bond donors (Lipinski definition) is 1. The van der Waals surface area contributed by atoms with E-state index >= 15 is 0 Å². The Kier molecular flexibility index (Phi) is 3.73. The lowest BCUT2D eigenvalue weighted by molar-refractivity contribution is -0.117. The van der Waals surface area contributed by atoms with Gasteiger partial charge in [-0.15, -0.1) is 6.42 Å². The van der Waals surface area contributed by atoms with Crippen LogP contribution in [-0.4, -0.2) is 17.0 Å². The van der Waals surface area contributed by atoms with E-state index in [2.05, 4.69) is 19.8 Å². The number of carbonyl (C=O) groups excluding carboxylic acids is 1. The van der Waals surface area contributed by atoms with E-state index < -0.39 is 6.10 Å². The van der Waals surface area contributed by atoms with Crippen LogP contribution in [0.15, 0.2) is 11.6 Å². The topological polar surface area (TPSA) is 37.3 Å². The predicted molar refractivity (Wildman–Crippen MR) is 95.0 cm³/mol. The van der Waals surface area contributed by atoms with Gasteiger partial charge in [0.2, 0.25) is 0 Å². The Morgan fingerprint density at radius 3 is 2.71 bits per heavy atom.